The quantitative estimate of drug-likeness (QED) is 0.235. The van der Waals surface area contributed by atoms with E-state index in [0.29, 0.717) is 30.9 Å². The molecular formula is C17H20N10O5. The molecule has 0 spiro atoms. The van der Waals surface area contributed by atoms with Crippen LogP contribution in [-0.2, 0) is 6.54 Å². The highest BCUT2D eigenvalue weighted by molar-refractivity contribution is 5.94. The minimum Gasteiger partial charge on any atom is -0.502 e. The number of nitro groups is 1. The SMILES string of the molecule is CCN(CC)Cc1c(C(=O)NN=Cc2ccc(O)c([N+](=O)[O-])c2)nnn1-c1nonc1N. The van der Waals surface area contributed by atoms with Crippen molar-refractivity contribution in [2.24, 2.45) is 5.10 Å². The zero-order valence-electron chi connectivity index (χ0n) is 17.2. The molecule has 0 radical (unpaired) electrons. The lowest BCUT2D eigenvalue weighted by molar-refractivity contribution is -0.385. The van der Waals surface area contributed by atoms with Crippen molar-refractivity contribution in [1.82, 2.24) is 35.6 Å². The van der Waals surface area contributed by atoms with Crippen molar-refractivity contribution in [3.63, 3.8) is 0 Å². The number of aromatic nitrogens is 5. The number of anilines is 1. The van der Waals surface area contributed by atoms with E-state index in [1.165, 1.54) is 17.0 Å². The molecular weight excluding hydrogens is 424 g/mol. The molecule has 0 saturated carbocycles. The lowest BCUT2D eigenvalue weighted by Crippen LogP contribution is -2.27. The second-order valence-corrected chi connectivity index (χ2v) is 6.44. The fraction of sp³-hybridized carbons (Fsp3) is 0.294. The molecule has 0 aliphatic rings. The van der Waals surface area contributed by atoms with Gasteiger partial charge in [-0.1, -0.05) is 19.1 Å². The van der Waals surface area contributed by atoms with E-state index in [-0.39, 0.29) is 17.3 Å². The number of nitrogens with two attached hydrogens (primary N) is 1. The van der Waals surface area contributed by atoms with Crippen LogP contribution in [0.4, 0.5) is 11.5 Å². The molecule has 1 aromatic carbocycles. The van der Waals surface area contributed by atoms with Crippen molar-refractivity contribution in [3.8, 4) is 11.6 Å². The minimum absolute atomic E-state index is 0.0189. The first kappa shape index (κ1) is 22.3. The van der Waals surface area contributed by atoms with Crippen LogP contribution in [-0.4, -0.2) is 65.4 Å². The maximum absolute atomic E-state index is 12.7. The van der Waals surface area contributed by atoms with Crippen molar-refractivity contribution in [3.05, 3.63) is 45.3 Å². The molecule has 0 bridgehead atoms. The van der Waals surface area contributed by atoms with E-state index in [4.69, 9.17) is 5.73 Å². The number of nitrogens with zero attached hydrogens (tertiary/aromatic N) is 8. The van der Waals surface area contributed by atoms with E-state index in [2.05, 4.69) is 35.8 Å². The number of benzene rings is 1. The van der Waals surface area contributed by atoms with Gasteiger partial charge in [-0.05, 0) is 35.5 Å². The highest BCUT2D eigenvalue weighted by Crippen LogP contribution is 2.25. The summed E-state index contributed by atoms with van der Waals surface area (Å²) in [5.41, 5.74) is 8.24. The number of hydrogen-bond donors (Lipinski definition) is 3. The summed E-state index contributed by atoms with van der Waals surface area (Å²) in [7, 11) is 0. The normalized spacial score (nSPS) is 11.3. The Kier molecular flexibility index (Phi) is 6.69. The number of rotatable bonds is 9. The van der Waals surface area contributed by atoms with E-state index >= 15 is 0 Å². The van der Waals surface area contributed by atoms with Crippen molar-refractivity contribution in [2.75, 3.05) is 18.8 Å². The van der Waals surface area contributed by atoms with Crippen LogP contribution in [0.3, 0.4) is 0 Å². The zero-order valence-corrected chi connectivity index (χ0v) is 17.2. The maximum Gasteiger partial charge on any atom is 0.311 e. The number of hydrazone groups is 1. The Morgan fingerprint density at radius 1 is 1.41 bits per heavy atom. The van der Waals surface area contributed by atoms with Crippen molar-refractivity contribution in [2.45, 2.75) is 20.4 Å². The summed E-state index contributed by atoms with van der Waals surface area (Å²) >= 11 is 0. The molecule has 2 aromatic heterocycles. The molecule has 4 N–H and O–H groups in total. The molecule has 168 valence electrons. The van der Waals surface area contributed by atoms with Gasteiger partial charge in [0.15, 0.2) is 11.4 Å². The third-order valence-corrected chi connectivity index (χ3v) is 4.52. The van der Waals surface area contributed by atoms with Crippen molar-refractivity contribution < 1.29 is 19.5 Å². The first-order valence-corrected chi connectivity index (χ1v) is 9.41. The van der Waals surface area contributed by atoms with Crippen LogP contribution in [0, 0.1) is 10.1 Å². The van der Waals surface area contributed by atoms with E-state index < -0.39 is 22.3 Å². The van der Waals surface area contributed by atoms with Crippen LogP contribution in [0.15, 0.2) is 27.9 Å². The number of hydrogen-bond acceptors (Lipinski definition) is 12. The second-order valence-electron chi connectivity index (χ2n) is 6.44. The molecule has 3 aromatic rings. The van der Waals surface area contributed by atoms with E-state index in [9.17, 15) is 20.0 Å². The van der Waals surface area contributed by atoms with Gasteiger partial charge in [0.25, 0.3) is 5.91 Å². The molecule has 3 rings (SSSR count). The molecule has 0 saturated heterocycles. The summed E-state index contributed by atoms with van der Waals surface area (Å²) in [5.74, 6) is -1.07. The predicted octanol–water partition coefficient (Wildman–Crippen LogP) is 0.452. The Balaban J connectivity index is 1.85. The van der Waals surface area contributed by atoms with Gasteiger partial charge in [0.05, 0.1) is 16.8 Å². The lowest BCUT2D eigenvalue weighted by atomic mass is 10.2. The van der Waals surface area contributed by atoms with E-state index in [1.807, 2.05) is 18.7 Å². The molecule has 0 unspecified atom stereocenters. The number of phenolic OH excluding ortho intramolecular Hbond substituents is 1. The Morgan fingerprint density at radius 2 is 2.16 bits per heavy atom. The fourth-order valence-electron chi connectivity index (χ4n) is 2.77. The highest BCUT2D eigenvalue weighted by Gasteiger charge is 2.25. The third kappa shape index (κ3) is 4.67. The van der Waals surface area contributed by atoms with Crippen molar-refractivity contribution in [1.29, 1.82) is 0 Å². The third-order valence-electron chi connectivity index (χ3n) is 4.52. The number of nitrogens with one attached hydrogen (secondary N) is 1. The number of aromatic hydroxyl groups is 1. The van der Waals surface area contributed by atoms with Gasteiger partial charge in [0.2, 0.25) is 11.6 Å². The Bertz CT molecular complexity index is 1150. The molecule has 15 heteroatoms. The van der Waals surface area contributed by atoms with Crippen LogP contribution < -0.4 is 11.2 Å². The van der Waals surface area contributed by atoms with Crippen molar-refractivity contribution >= 4 is 23.6 Å². The smallest absolute Gasteiger partial charge is 0.311 e. The number of carbonyl (C=O) groups is 1. The number of amides is 1. The standard InChI is InChI=1S/C17H20N10O5/c1-3-25(4-2)9-12-14(20-24-26(12)16-15(18)22-32-23-16)17(29)21-19-8-10-5-6-13(28)11(7-10)27(30)31/h5-8,28H,3-4,9H2,1-2H3,(H2,18,22)(H,21,29). The number of carbonyl (C=O) groups excluding carboxylic acids is 1. The second kappa shape index (κ2) is 9.61. The van der Waals surface area contributed by atoms with Crippen LogP contribution in [0.25, 0.3) is 5.82 Å². The molecule has 0 aliphatic carbocycles. The van der Waals surface area contributed by atoms with Gasteiger partial charge in [0, 0.05) is 18.2 Å². The van der Waals surface area contributed by atoms with E-state index in [0.717, 1.165) is 12.1 Å². The average molecular weight is 444 g/mol. The summed E-state index contributed by atoms with van der Waals surface area (Å²) in [5, 5.41) is 39.3. The van der Waals surface area contributed by atoms with Gasteiger partial charge in [-0.15, -0.1) is 5.10 Å². The fourth-order valence-corrected chi connectivity index (χ4v) is 2.77. The van der Waals surface area contributed by atoms with Crippen LogP contribution in [0.2, 0.25) is 0 Å². The maximum atomic E-state index is 12.7. The zero-order chi connectivity index (χ0) is 23.3. The summed E-state index contributed by atoms with van der Waals surface area (Å²) in [6, 6.07) is 3.68. The average Bonchev–Trinajstić information content (AvgIpc) is 3.38. The van der Waals surface area contributed by atoms with Gasteiger partial charge in [-0.3, -0.25) is 19.8 Å². The Morgan fingerprint density at radius 3 is 2.78 bits per heavy atom. The molecule has 1 amide bonds. The summed E-state index contributed by atoms with van der Waals surface area (Å²) in [4.78, 5) is 24.9. The molecule has 0 atom stereocenters. The van der Waals surface area contributed by atoms with E-state index in [1.54, 1.807) is 0 Å². The van der Waals surface area contributed by atoms with Gasteiger partial charge < -0.3 is 10.8 Å². The Hall–Kier alpha value is -4.40. The van der Waals surface area contributed by atoms with Crippen LogP contribution in [0.5, 0.6) is 5.75 Å². The van der Waals surface area contributed by atoms with Crippen LogP contribution in [0.1, 0.15) is 35.6 Å². The highest BCUT2D eigenvalue weighted by atomic mass is 16.6. The summed E-state index contributed by atoms with van der Waals surface area (Å²) in [6.45, 7) is 5.64. The topological polar surface area (TPSA) is 204 Å². The Labute approximate surface area is 180 Å². The van der Waals surface area contributed by atoms with Gasteiger partial charge in [-0.2, -0.15) is 9.78 Å². The molecule has 32 heavy (non-hydrogen) atoms. The summed E-state index contributed by atoms with van der Waals surface area (Å²) < 4.78 is 5.88. The molecule has 0 aliphatic heterocycles. The first-order valence-electron chi connectivity index (χ1n) is 9.41. The monoisotopic (exact) mass is 444 g/mol. The first-order chi connectivity index (χ1) is 15.3. The lowest BCUT2D eigenvalue weighted by Gasteiger charge is -2.18. The number of nitrogen functional groups attached to an aromatic ring is 1. The number of phenols is 1. The van der Waals surface area contributed by atoms with Gasteiger partial charge >= 0.3 is 5.69 Å². The largest absolute Gasteiger partial charge is 0.502 e. The van der Waals surface area contributed by atoms with Crippen LogP contribution >= 0.6 is 0 Å². The minimum atomic E-state index is -0.729. The number of nitro benzene ring substituents is 1. The van der Waals surface area contributed by atoms with Gasteiger partial charge in [0.1, 0.15) is 0 Å². The molecule has 0 fully saturated rings. The predicted molar refractivity (Wildman–Crippen MR) is 110 cm³/mol. The molecule has 2 heterocycles. The van der Waals surface area contributed by atoms with Gasteiger partial charge in [-0.25, -0.2) is 10.1 Å². The molecule has 15 nitrogen and oxygen atoms in total. The summed E-state index contributed by atoms with van der Waals surface area (Å²) in [6.07, 6.45) is 1.19.